The average Bonchev–Trinajstić information content (AvgIpc) is 2.86. The smallest absolute Gasteiger partial charge is 0.414 e. The summed E-state index contributed by atoms with van der Waals surface area (Å²) in [7, 11) is 1.54. The summed E-state index contributed by atoms with van der Waals surface area (Å²) in [6, 6.07) is 5.52. The summed E-state index contributed by atoms with van der Waals surface area (Å²) in [5.74, 6) is -2.76. The number of carbonyl (C=O) groups is 4. The minimum atomic E-state index is -1.82. The number of carbonyl (C=O) groups excluding carboxylic acids is 2. The molecule has 0 atom stereocenters. The number of amides is 2. The van der Waals surface area contributed by atoms with Crippen molar-refractivity contribution >= 4 is 23.9 Å². The van der Waals surface area contributed by atoms with Gasteiger partial charge in [0.05, 0.1) is 13.7 Å². The molecule has 2 heterocycles. The maximum absolute atomic E-state index is 12.9. The van der Waals surface area contributed by atoms with Crippen molar-refractivity contribution < 1.29 is 44.0 Å². The largest absolute Gasteiger partial charge is 0.504 e. The molecule has 12 nitrogen and oxygen atoms in total. The van der Waals surface area contributed by atoms with Crippen LogP contribution in [0.2, 0.25) is 0 Å². The van der Waals surface area contributed by atoms with Crippen LogP contribution in [0.25, 0.3) is 0 Å². The maximum atomic E-state index is 12.9. The molecule has 12 heteroatoms. The fourth-order valence-corrected chi connectivity index (χ4v) is 4.02. The van der Waals surface area contributed by atoms with E-state index in [4.69, 9.17) is 29.3 Å². The fourth-order valence-electron chi connectivity index (χ4n) is 4.02. The number of piperidine rings is 1. The Labute approximate surface area is 203 Å². The zero-order chi connectivity index (χ0) is 26.0. The number of methoxy groups -OCH3 is 1. The Morgan fingerprint density at radius 1 is 0.943 bits per heavy atom. The monoisotopic (exact) mass is 495 g/mol. The first kappa shape index (κ1) is 27.7. The number of piperazine rings is 1. The van der Waals surface area contributed by atoms with Crippen LogP contribution in [0.4, 0.5) is 4.79 Å². The predicted molar refractivity (Wildman–Crippen MR) is 123 cm³/mol. The van der Waals surface area contributed by atoms with Gasteiger partial charge in [0.1, 0.15) is 0 Å². The van der Waals surface area contributed by atoms with Gasteiger partial charge < -0.3 is 34.6 Å². The molecule has 0 bridgehead atoms. The van der Waals surface area contributed by atoms with Crippen molar-refractivity contribution in [3.05, 3.63) is 23.8 Å². The second-order valence-electron chi connectivity index (χ2n) is 8.14. The van der Waals surface area contributed by atoms with Gasteiger partial charge in [-0.2, -0.15) is 0 Å². The van der Waals surface area contributed by atoms with Crippen molar-refractivity contribution in [2.45, 2.75) is 26.3 Å². The van der Waals surface area contributed by atoms with Crippen LogP contribution in [-0.2, 0) is 25.7 Å². The third-order valence-electron chi connectivity index (χ3n) is 5.93. The third-order valence-corrected chi connectivity index (χ3v) is 5.93. The second-order valence-corrected chi connectivity index (χ2v) is 8.14. The van der Waals surface area contributed by atoms with Crippen LogP contribution in [0.15, 0.2) is 18.2 Å². The molecule has 2 fully saturated rings. The number of phenolic OH excluding ortho intramolecular Hbond substituents is 1. The van der Waals surface area contributed by atoms with Crippen LogP contribution in [0.5, 0.6) is 11.5 Å². The number of rotatable bonds is 5. The Kier molecular flexibility index (Phi) is 10.6. The van der Waals surface area contributed by atoms with Crippen LogP contribution in [0.3, 0.4) is 0 Å². The van der Waals surface area contributed by atoms with E-state index in [-0.39, 0.29) is 23.7 Å². The summed E-state index contributed by atoms with van der Waals surface area (Å²) in [4.78, 5) is 48.7. The molecule has 0 saturated carbocycles. The maximum Gasteiger partial charge on any atom is 0.414 e. The zero-order valence-corrected chi connectivity index (χ0v) is 20.0. The first-order valence-corrected chi connectivity index (χ1v) is 11.4. The highest BCUT2D eigenvalue weighted by Gasteiger charge is 2.31. The SMILES string of the molecule is CCOC(=O)N1CCN(C(=O)C2CCN(Cc3cccc(OC)c3O)CC2)CC1.O=C(O)C(=O)O. The van der Waals surface area contributed by atoms with Crippen molar-refractivity contribution in [2.24, 2.45) is 5.92 Å². The lowest BCUT2D eigenvalue weighted by molar-refractivity contribution is -0.159. The van der Waals surface area contributed by atoms with Crippen LogP contribution < -0.4 is 4.74 Å². The van der Waals surface area contributed by atoms with Gasteiger partial charge in [-0.1, -0.05) is 12.1 Å². The summed E-state index contributed by atoms with van der Waals surface area (Å²) < 4.78 is 10.2. The van der Waals surface area contributed by atoms with Gasteiger partial charge in [0.25, 0.3) is 0 Å². The Bertz CT molecular complexity index is 880. The Morgan fingerprint density at radius 2 is 1.51 bits per heavy atom. The molecule has 2 amide bonds. The molecule has 3 N–H and O–H groups in total. The highest BCUT2D eigenvalue weighted by Crippen LogP contribution is 2.31. The number of ether oxygens (including phenoxy) is 2. The first-order chi connectivity index (χ1) is 16.7. The summed E-state index contributed by atoms with van der Waals surface area (Å²) >= 11 is 0. The number of hydrogen-bond donors (Lipinski definition) is 3. The Balaban J connectivity index is 0.000000641. The molecule has 35 heavy (non-hydrogen) atoms. The standard InChI is InChI=1S/C21H31N3O5.C2H2O4/c1-3-29-21(27)24-13-11-23(12-14-24)20(26)16-7-9-22(10-8-16)15-17-5-4-6-18(28-2)19(17)25;3-1(4)2(5)6/h4-6,16,25H,3,7-15H2,1-2H3;(H,3,4)(H,5,6). The van der Waals surface area contributed by atoms with Gasteiger partial charge in [0, 0.05) is 44.2 Å². The number of likely N-dealkylation sites (tertiary alicyclic amines) is 1. The number of nitrogens with zero attached hydrogens (tertiary/aromatic N) is 3. The topological polar surface area (TPSA) is 157 Å². The summed E-state index contributed by atoms with van der Waals surface area (Å²) in [5, 5.41) is 25.1. The summed E-state index contributed by atoms with van der Waals surface area (Å²) in [6.07, 6.45) is 1.32. The zero-order valence-electron chi connectivity index (χ0n) is 20.0. The molecular formula is C23H33N3O9. The highest BCUT2D eigenvalue weighted by atomic mass is 16.6. The Hall–Kier alpha value is -3.54. The average molecular weight is 496 g/mol. The van der Waals surface area contributed by atoms with E-state index in [2.05, 4.69) is 4.90 Å². The fraction of sp³-hybridized carbons (Fsp3) is 0.565. The lowest BCUT2D eigenvalue weighted by Gasteiger charge is -2.38. The molecule has 2 saturated heterocycles. The second kappa shape index (κ2) is 13.4. The Morgan fingerprint density at radius 3 is 2.03 bits per heavy atom. The molecule has 0 aromatic heterocycles. The first-order valence-electron chi connectivity index (χ1n) is 11.4. The van der Waals surface area contributed by atoms with E-state index in [1.165, 1.54) is 0 Å². The lowest BCUT2D eigenvalue weighted by Crippen LogP contribution is -2.53. The molecule has 0 aliphatic carbocycles. The van der Waals surface area contributed by atoms with Crippen LogP contribution in [0.1, 0.15) is 25.3 Å². The van der Waals surface area contributed by atoms with Crippen LogP contribution >= 0.6 is 0 Å². The minimum Gasteiger partial charge on any atom is -0.504 e. The van der Waals surface area contributed by atoms with E-state index in [1.54, 1.807) is 25.0 Å². The van der Waals surface area contributed by atoms with Crippen molar-refractivity contribution in [3.63, 3.8) is 0 Å². The van der Waals surface area contributed by atoms with Crippen molar-refractivity contribution in [1.29, 1.82) is 0 Å². The van der Waals surface area contributed by atoms with Crippen molar-refractivity contribution in [2.75, 3.05) is 53.0 Å². The van der Waals surface area contributed by atoms with E-state index in [0.29, 0.717) is 45.1 Å². The number of aliphatic carboxylic acids is 2. The summed E-state index contributed by atoms with van der Waals surface area (Å²) in [6.45, 7) is 6.61. The van der Waals surface area contributed by atoms with E-state index >= 15 is 0 Å². The van der Waals surface area contributed by atoms with Crippen molar-refractivity contribution in [3.8, 4) is 11.5 Å². The molecule has 3 rings (SSSR count). The molecule has 194 valence electrons. The number of para-hydroxylation sites is 1. The normalized spacial score (nSPS) is 16.6. The minimum absolute atomic E-state index is 0.0271. The van der Waals surface area contributed by atoms with Gasteiger partial charge in [-0.3, -0.25) is 9.69 Å². The van der Waals surface area contributed by atoms with E-state index in [0.717, 1.165) is 31.5 Å². The van der Waals surface area contributed by atoms with Crippen molar-refractivity contribution in [1.82, 2.24) is 14.7 Å². The van der Waals surface area contributed by atoms with Gasteiger partial charge in [0.15, 0.2) is 11.5 Å². The molecule has 0 spiro atoms. The van der Waals surface area contributed by atoms with E-state index < -0.39 is 11.9 Å². The van der Waals surface area contributed by atoms with Crippen LogP contribution in [0, 0.1) is 5.92 Å². The van der Waals surface area contributed by atoms with Gasteiger partial charge in [-0.15, -0.1) is 0 Å². The third kappa shape index (κ3) is 8.02. The number of carboxylic acid groups (broad SMARTS) is 2. The number of hydrogen-bond acceptors (Lipinski definition) is 8. The molecule has 1 aromatic carbocycles. The van der Waals surface area contributed by atoms with Gasteiger partial charge >= 0.3 is 18.0 Å². The molecule has 1 aromatic rings. The number of benzene rings is 1. The summed E-state index contributed by atoms with van der Waals surface area (Å²) in [5.41, 5.74) is 0.837. The highest BCUT2D eigenvalue weighted by molar-refractivity contribution is 6.27. The molecule has 2 aliphatic heterocycles. The lowest BCUT2D eigenvalue weighted by atomic mass is 9.94. The molecule has 0 unspecified atom stereocenters. The predicted octanol–water partition coefficient (Wildman–Crippen LogP) is 1.07. The molecule has 0 radical (unpaired) electrons. The number of aromatic hydroxyl groups is 1. The van der Waals surface area contributed by atoms with Crippen LogP contribution in [-0.4, -0.2) is 107 Å². The van der Waals surface area contributed by atoms with Gasteiger partial charge in [-0.05, 0) is 38.9 Å². The number of carboxylic acids is 2. The van der Waals surface area contributed by atoms with E-state index in [9.17, 15) is 14.7 Å². The van der Waals surface area contributed by atoms with E-state index in [1.807, 2.05) is 17.0 Å². The van der Waals surface area contributed by atoms with Gasteiger partial charge in [-0.25, -0.2) is 14.4 Å². The quantitative estimate of drug-likeness (QED) is 0.505. The molecule has 2 aliphatic rings. The molecular weight excluding hydrogens is 462 g/mol. The van der Waals surface area contributed by atoms with Gasteiger partial charge in [0.2, 0.25) is 5.91 Å². The number of phenols is 1.